The minimum Gasteiger partial charge on any atom is -0.329 e. The number of nitrogens with one attached hydrogen (secondary N) is 1. The van der Waals surface area contributed by atoms with Gasteiger partial charge in [0, 0.05) is 12.6 Å². The van der Waals surface area contributed by atoms with E-state index in [1.807, 2.05) is 26.8 Å². The molecule has 1 rings (SSSR count). The second-order valence-electron chi connectivity index (χ2n) is 5.53. The second kappa shape index (κ2) is 6.10. The first-order valence-corrected chi connectivity index (χ1v) is 7.90. The molecule has 0 saturated heterocycles. The summed E-state index contributed by atoms with van der Waals surface area (Å²) in [6.07, 6.45) is 0. The van der Waals surface area contributed by atoms with E-state index in [2.05, 4.69) is 4.72 Å². The van der Waals surface area contributed by atoms with Crippen molar-refractivity contribution < 1.29 is 8.42 Å². The van der Waals surface area contributed by atoms with Crippen LogP contribution in [0, 0.1) is 16.7 Å². The number of halogens is 1. The first kappa shape index (κ1) is 16.9. The predicted molar refractivity (Wildman–Crippen MR) is 78.8 cm³/mol. The fraction of sp³-hybridized carbons (Fsp3) is 0.462. The monoisotopic (exact) mass is 315 g/mol. The van der Waals surface area contributed by atoms with E-state index in [1.54, 1.807) is 0 Å². The number of rotatable bonds is 4. The van der Waals surface area contributed by atoms with Crippen molar-refractivity contribution in [2.24, 2.45) is 11.1 Å². The molecule has 0 spiro atoms. The molecule has 1 aromatic carbocycles. The summed E-state index contributed by atoms with van der Waals surface area (Å²) in [6, 6.07) is 5.48. The van der Waals surface area contributed by atoms with E-state index in [4.69, 9.17) is 22.6 Å². The third-order valence-corrected chi connectivity index (χ3v) is 4.73. The van der Waals surface area contributed by atoms with Gasteiger partial charge >= 0.3 is 0 Å². The van der Waals surface area contributed by atoms with Gasteiger partial charge in [-0.25, -0.2) is 13.1 Å². The van der Waals surface area contributed by atoms with Crippen molar-refractivity contribution in [2.75, 3.05) is 6.54 Å². The molecule has 20 heavy (non-hydrogen) atoms. The Morgan fingerprint density at radius 1 is 1.45 bits per heavy atom. The van der Waals surface area contributed by atoms with Crippen LogP contribution in [0.3, 0.4) is 0 Å². The third-order valence-electron chi connectivity index (χ3n) is 2.95. The molecule has 0 aliphatic carbocycles. The molecule has 110 valence electrons. The number of benzene rings is 1. The van der Waals surface area contributed by atoms with E-state index in [9.17, 15) is 8.42 Å². The maximum absolute atomic E-state index is 12.3. The molecule has 5 nitrogen and oxygen atoms in total. The highest BCUT2D eigenvalue weighted by atomic mass is 35.5. The van der Waals surface area contributed by atoms with Gasteiger partial charge in [0.05, 0.1) is 15.5 Å². The molecule has 0 aliphatic rings. The number of sulfonamides is 1. The van der Waals surface area contributed by atoms with E-state index in [0.29, 0.717) is 0 Å². The zero-order chi connectivity index (χ0) is 15.6. The Bertz CT molecular complexity index is 630. The molecular formula is C13H18ClN3O2S. The molecule has 0 bridgehead atoms. The molecule has 1 aromatic rings. The van der Waals surface area contributed by atoms with E-state index in [1.165, 1.54) is 18.2 Å². The number of nitrogens with two attached hydrogens (primary N) is 1. The Balaban J connectivity index is 3.12. The maximum atomic E-state index is 12.3. The molecule has 0 fully saturated rings. The van der Waals surface area contributed by atoms with E-state index in [0.717, 1.165) is 0 Å². The van der Waals surface area contributed by atoms with Gasteiger partial charge in [-0.3, -0.25) is 0 Å². The summed E-state index contributed by atoms with van der Waals surface area (Å²) in [5, 5.41) is 8.89. The summed E-state index contributed by atoms with van der Waals surface area (Å²) in [6.45, 7) is 5.89. The number of hydrogen-bond acceptors (Lipinski definition) is 4. The van der Waals surface area contributed by atoms with E-state index >= 15 is 0 Å². The van der Waals surface area contributed by atoms with Gasteiger partial charge in [0.1, 0.15) is 6.07 Å². The largest absolute Gasteiger partial charge is 0.329 e. The fourth-order valence-electron chi connectivity index (χ4n) is 1.59. The van der Waals surface area contributed by atoms with Crippen LogP contribution in [-0.4, -0.2) is 21.0 Å². The minimum atomic E-state index is -3.73. The van der Waals surface area contributed by atoms with Crippen LogP contribution < -0.4 is 10.5 Å². The summed E-state index contributed by atoms with van der Waals surface area (Å²) in [4.78, 5) is 0.0178. The van der Waals surface area contributed by atoms with Crippen molar-refractivity contribution in [1.29, 1.82) is 5.26 Å². The van der Waals surface area contributed by atoms with Gasteiger partial charge < -0.3 is 5.73 Å². The summed E-state index contributed by atoms with van der Waals surface area (Å²) < 4.78 is 27.2. The lowest BCUT2D eigenvalue weighted by Gasteiger charge is -2.30. The highest BCUT2D eigenvalue weighted by molar-refractivity contribution is 7.89. The first-order chi connectivity index (χ1) is 9.11. The zero-order valence-electron chi connectivity index (χ0n) is 11.6. The number of nitriles is 1. The Morgan fingerprint density at radius 3 is 2.45 bits per heavy atom. The second-order valence-corrected chi connectivity index (χ2v) is 7.65. The minimum absolute atomic E-state index is 0.0178. The van der Waals surface area contributed by atoms with E-state index in [-0.39, 0.29) is 27.4 Å². The highest BCUT2D eigenvalue weighted by Crippen LogP contribution is 2.23. The lowest BCUT2D eigenvalue weighted by Crippen LogP contribution is -2.48. The average Bonchev–Trinajstić information content (AvgIpc) is 2.34. The Kier molecular flexibility index (Phi) is 5.16. The summed E-state index contributed by atoms with van der Waals surface area (Å²) >= 11 is 5.86. The molecule has 0 amide bonds. The Morgan fingerprint density at radius 2 is 2.05 bits per heavy atom. The quantitative estimate of drug-likeness (QED) is 0.886. The van der Waals surface area contributed by atoms with Crippen molar-refractivity contribution in [3.63, 3.8) is 0 Å². The fourth-order valence-corrected chi connectivity index (χ4v) is 3.36. The molecule has 0 aliphatic heterocycles. The number of hydrogen-bond donors (Lipinski definition) is 2. The summed E-state index contributed by atoms with van der Waals surface area (Å²) in [5.41, 5.74) is 5.55. The van der Waals surface area contributed by atoms with Gasteiger partial charge in [-0.05, 0) is 23.6 Å². The highest BCUT2D eigenvalue weighted by Gasteiger charge is 2.28. The van der Waals surface area contributed by atoms with Gasteiger partial charge in [-0.1, -0.05) is 32.4 Å². The summed E-state index contributed by atoms with van der Waals surface area (Å²) in [7, 11) is -3.73. The molecule has 0 radical (unpaired) electrons. The molecule has 1 unspecified atom stereocenters. The first-order valence-electron chi connectivity index (χ1n) is 6.04. The summed E-state index contributed by atoms with van der Waals surface area (Å²) in [5.74, 6) is 0. The van der Waals surface area contributed by atoms with Crippen LogP contribution in [0.4, 0.5) is 0 Å². The van der Waals surface area contributed by atoms with Gasteiger partial charge in [0.15, 0.2) is 0 Å². The molecule has 0 saturated carbocycles. The lowest BCUT2D eigenvalue weighted by molar-refractivity contribution is 0.304. The van der Waals surface area contributed by atoms with Crippen LogP contribution in [-0.2, 0) is 10.0 Å². The molecule has 1 atom stereocenters. The van der Waals surface area contributed by atoms with Crippen LogP contribution in [0.25, 0.3) is 0 Å². The average molecular weight is 316 g/mol. The lowest BCUT2D eigenvalue weighted by atomic mass is 9.88. The topological polar surface area (TPSA) is 96.0 Å². The predicted octanol–water partition coefficient (Wildman–Crippen LogP) is 1.86. The van der Waals surface area contributed by atoms with Crippen molar-refractivity contribution >= 4 is 21.6 Å². The standard InChI is InChI=1S/C13H18ClN3O2S/c1-13(2,3)12(8-16)17-20(18,19)10-5-4-9(7-15)11(14)6-10/h4-6,12,17H,8,16H2,1-3H3. The normalized spacial score (nSPS) is 13.8. The Hall–Kier alpha value is -1.13. The molecule has 0 aromatic heterocycles. The van der Waals surface area contributed by atoms with Crippen LogP contribution in [0.1, 0.15) is 26.3 Å². The molecule has 3 N–H and O–H groups in total. The van der Waals surface area contributed by atoms with Crippen LogP contribution in [0.15, 0.2) is 23.1 Å². The smallest absolute Gasteiger partial charge is 0.240 e. The van der Waals surface area contributed by atoms with Gasteiger partial charge in [-0.15, -0.1) is 0 Å². The van der Waals surface area contributed by atoms with E-state index < -0.39 is 16.1 Å². The van der Waals surface area contributed by atoms with Crippen molar-refractivity contribution in [3.05, 3.63) is 28.8 Å². The third kappa shape index (κ3) is 3.93. The van der Waals surface area contributed by atoms with Gasteiger partial charge in [0.2, 0.25) is 10.0 Å². The van der Waals surface area contributed by atoms with Gasteiger partial charge in [-0.2, -0.15) is 5.26 Å². The molecule has 7 heteroatoms. The number of nitrogens with zero attached hydrogens (tertiary/aromatic N) is 1. The van der Waals surface area contributed by atoms with Crippen molar-refractivity contribution in [3.8, 4) is 6.07 Å². The maximum Gasteiger partial charge on any atom is 0.240 e. The van der Waals surface area contributed by atoms with Crippen LogP contribution >= 0.6 is 11.6 Å². The molecule has 0 heterocycles. The zero-order valence-corrected chi connectivity index (χ0v) is 13.2. The van der Waals surface area contributed by atoms with Crippen molar-refractivity contribution in [1.82, 2.24) is 4.72 Å². The van der Waals surface area contributed by atoms with Crippen LogP contribution in [0.2, 0.25) is 5.02 Å². The Labute approximate surface area is 124 Å². The molecular weight excluding hydrogens is 298 g/mol. The van der Waals surface area contributed by atoms with Crippen LogP contribution in [0.5, 0.6) is 0 Å². The van der Waals surface area contributed by atoms with Gasteiger partial charge in [0.25, 0.3) is 0 Å². The van der Waals surface area contributed by atoms with Crippen molar-refractivity contribution in [2.45, 2.75) is 31.7 Å². The SMILES string of the molecule is CC(C)(C)C(CN)NS(=O)(=O)c1ccc(C#N)c(Cl)c1.